The van der Waals surface area contributed by atoms with E-state index < -0.39 is 11.9 Å². The SMILES string of the molecule is COc1cc(OC)c(OC)cc1/C=C/C(=O)Nc1cc(OC)c(OC)cc1C(=O)O. The molecule has 0 aliphatic rings. The summed E-state index contributed by atoms with van der Waals surface area (Å²) in [5.41, 5.74) is 0.489. The Kier molecular flexibility index (Phi) is 7.51. The number of carboxylic acid groups (broad SMARTS) is 1. The molecule has 2 rings (SSSR count). The van der Waals surface area contributed by atoms with Crippen molar-refractivity contribution in [2.45, 2.75) is 0 Å². The van der Waals surface area contributed by atoms with Crippen LogP contribution in [0, 0.1) is 0 Å². The molecule has 2 aromatic rings. The Morgan fingerprint density at radius 2 is 1.27 bits per heavy atom. The van der Waals surface area contributed by atoms with Crippen molar-refractivity contribution in [2.24, 2.45) is 0 Å². The number of carboxylic acids is 1. The maximum atomic E-state index is 12.4. The second-order valence-corrected chi connectivity index (χ2v) is 5.83. The molecule has 0 bridgehead atoms. The molecule has 0 heterocycles. The maximum absolute atomic E-state index is 12.4. The Bertz CT molecular complexity index is 968. The minimum Gasteiger partial charge on any atom is -0.496 e. The summed E-state index contributed by atoms with van der Waals surface area (Å²) in [5.74, 6) is 0.146. The van der Waals surface area contributed by atoms with E-state index in [9.17, 15) is 14.7 Å². The molecule has 2 aromatic carbocycles. The van der Waals surface area contributed by atoms with Crippen molar-refractivity contribution < 1.29 is 38.4 Å². The standard InChI is InChI=1S/C21H23NO8/c1-26-15-11-19(30-5)16(27-2)8-12(15)6-7-20(23)22-14-10-18(29-4)17(28-3)9-13(14)21(24)25/h6-11H,1-5H3,(H,22,23)(H,24,25)/b7-6+. The van der Waals surface area contributed by atoms with Gasteiger partial charge >= 0.3 is 5.97 Å². The van der Waals surface area contributed by atoms with Crippen LogP contribution in [0.5, 0.6) is 28.7 Å². The molecular weight excluding hydrogens is 394 g/mol. The van der Waals surface area contributed by atoms with E-state index in [4.69, 9.17) is 23.7 Å². The van der Waals surface area contributed by atoms with Crippen molar-refractivity contribution in [3.05, 3.63) is 41.5 Å². The highest BCUT2D eigenvalue weighted by Gasteiger charge is 2.17. The smallest absolute Gasteiger partial charge is 0.337 e. The number of carbonyl (C=O) groups excluding carboxylic acids is 1. The van der Waals surface area contributed by atoms with Crippen molar-refractivity contribution in [1.82, 2.24) is 0 Å². The number of rotatable bonds is 9. The lowest BCUT2D eigenvalue weighted by molar-refractivity contribution is -0.111. The Morgan fingerprint density at radius 1 is 0.767 bits per heavy atom. The van der Waals surface area contributed by atoms with Gasteiger partial charge in [-0.1, -0.05) is 0 Å². The van der Waals surface area contributed by atoms with Crippen molar-refractivity contribution in [3.8, 4) is 28.7 Å². The average molecular weight is 417 g/mol. The lowest BCUT2D eigenvalue weighted by atomic mass is 10.1. The van der Waals surface area contributed by atoms with Gasteiger partial charge in [0.25, 0.3) is 0 Å². The molecule has 1 amide bonds. The van der Waals surface area contributed by atoms with Gasteiger partial charge in [0, 0.05) is 29.8 Å². The predicted molar refractivity (Wildman–Crippen MR) is 110 cm³/mol. The van der Waals surface area contributed by atoms with Gasteiger partial charge < -0.3 is 34.1 Å². The fraction of sp³-hybridized carbons (Fsp3) is 0.238. The highest BCUT2D eigenvalue weighted by Crippen LogP contribution is 2.36. The summed E-state index contributed by atoms with van der Waals surface area (Å²) in [6.45, 7) is 0. The van der Waals surface area contributed by atoms with Crippen LogP contribution in [0.25, 0.3) is 6.08 Å². The number of methoxy groups -OCH3 is 5. The summed E-state index contributed by atoms with van der Waals surface area (Å²) in [6.07, 6.45) is 2.75. The van der Waals surface area contributed by atoms with Crippen molar-refractivity contribution in [3.63, 3.8) is 0 Å². The molecule has 0 aromatic heterocycles. The van der Waals surface area contributed by atoms with Gasteiger partial charge in [-0.05, 0) is 12.1 Å². The number of nitrogens with one attached hydrogen (secondary N) is 1. The van der Waals surface area contributed by atoms with E-state index in [0.717, 1.165) is 0 Å². The van der Waals surface area contributed by atoms with Gasteiger partial charge in [-0.2, -0.15) is 0 Å². The predicted octanol–water partition coefficient (Wildman–Crippen LogP) is 3.08. The zero-order valence-electron chi connectivity index (χ0n) is 17.3. The molecule has 0 aliphatic heterocycles. The lowest BCUT2D eigenvalue weighted by Crippen LogP contribution is -2.12. The Labute approximate surface area is 173 Å². The molecule has 9 heteroatoms. The van der Waals surface area contributed by atoms with Crippen LogP contribution in [-0.4, -0.2) is 52.5 Å². The minimum atomic E-state index is -1.23. The van der Waals surface area contributed by atoms with Crippen molar-refractivity contribution in [2.75, 3.05) is 40.9 Å². The van der Waals surface area contributed by atoms with Crippen LogP contribution >= 0.6 is 0 Å². The number of carbonyl (C=O) groups is 2. The van der Waals surface area contributed by atoms with E-state index in [-0.39, 0.29) is 22.7 Å². The van der Waals surface area contributed by atoms with E-state index in [0.29, 0.717) is 22.8 Å². The van der Waals surface area contributed by atoms with Gasteiger partial charge in [-0.3, -0.25) is 4.79 Å². The second kappa shape index (κ2) is 10.1. The molecule has 0 aliphatic carbocycles. The summed E-state index contributed by atoms with van der Waals surface area (Å²) in [5, 5.41) is 12.0. The first-order valence-corrected chi connectivity index (χ1v) is 8.66. The Morgan fingerprint density at radius 3 is 1.80 bits per heavy atom. The quantitative estimate of drug-likeness (QED) is 0.599. The van der Waals surface area contributed by atoms with Crippen molar-refractivity contribution >= 4 is 23.6 Å². The summed E-state index contributed by atoms with van der Waals surface area (Å²) in [4.78, 5) is 24.0. The summed E-state index contributed by atoms with van der Waals surface area (Å²) >= 11 is 0. The maximum Gasteiger partial charge on any atom is 0.337 e. The van der Waals surface area contributed by atoms with Crippen LogP contribution in [0.3, 0.4) is 0 Å². The third-order valence-corrected chi connectivity index (χ3v) is 4.16. The van der Waals surface area contributed by atoms with Crippen LogP contribution in [-0.2, 0) is 4.79 Å². The molecule has 0 atom stereocenters. The van der Waals surface area contributed by atoms with Crippen LogP contribution in [0.4, 0.5) is 5.69 Å². The largest absolute Gasteiger partial charge is 0.496 e. The first-order valence-electron chi connectivity index (χ1n) is 8.66. The molecule has 0 radical (unpaired) electrons. The van der Waals surface area contributed by atoms with E-state index in [1.807, 2.05) is 0 Å². The van der Waals surface area contributed by atoms with E-state index in [2.05, 4.69) is 5.32 Å². The highest BCUT2D eigenvalue weighted by molar-refractivity contribution is 6.06. The third kappa shape index (κ3) is 4.93. The Hall–Kier alpha value is -3.88. The molecular formula is C21H23NO8. The van der Waals surface area contributed by atoms with E-state index in [1.54, 1.807) is 12.1 Å². The monoisotopic (exact) mass is 417 g/mol. The normalized spacial score (nSPS) is 10.4. The first-order chi connectivity index (χ1) is 14.4. The van der Waals surface area contributed by atoms with Crippen LogP contribution in [0.1, 0.15) is 15.9 Å². The minimum absolute atomic E-state index is 0.0640. The van der Waals surface area contributed by atoms with Gasteiger partial charge in [0.05, 0.1) is 46.8 Å². The Balaban J connectivity index is 2.34. The molecule has 160 valence electrons. The van der Waals surface area contributed by atoms with Crippen LogP contribution in [0.2, 0.25) is 0 Å². The highest BCUT2D eigenvalue weighted by atomic mass is 16.5. The molecule has 0 unspecified atom stereocenters. The van der Waals surface area contributed by atoms with Crippen LogP contribution in [0.15, 0.2) is 30.3 Å². The fourth-order valence-corrected chi connectivity index (χ4v) is 2.68. The third-order valence-electron chi connectivity index (χ3n) is 4.16. The molecule has 9 nitrogen and oxygen atoms in total. The number of anilines is 1. The number of hydrogen-bond acceptors (Lipinski definition) is 7. The molecule has 2 N–H and O–H groups in total. The fourth-order valence-electron chi connectivity index (χ4n) is 2.68. The lowest BCUT2D eigenvalue weighted by Gasteiger charge is -2.13. The molecule has 0 fully saturated rings. The average Bonchev–Trinajstić information content (AvgIpc) is 2.76. The number of amides is 1. The van der Waals surface area contributed by atoms with E-state index >= 15 is 0 Å². The topological polar surface area (TPSA) is 113 Å². The summed E-state index contributed by atoms with van der Waals surface area (Å²) in [6, 6.07) is 5.94. The number of ether oxygens (including phenoxy) is 5. The number of hydrogen-bond donors (Lipinski definition) is 2. The zero-order chi connectivity index (χ0) is 22.3. The summed E-state index contributed by atoms with van der Waals surface area (Å²) in [7, 11) is 7.29. The molecule has 0 saturated carbocycles. The number of benzene rings is 2. The summed E-state index contributed by atoms with van der Waals surface area (Å²) < 4.78 is 26.1. The second-order valence-electron chi connectivity index (χ2n) is 5.83. The van der Waals surface area contributed by atoms with Gasteiger partial charge in [0.1, 0.15) is 5.75 Å². The van der Waals surface area contributed by atoms with Crippen LogP contribution < -0.4 is 29.0 Å². The van der Waals surface area contributed by atoms with E-state index in [1.165, 1.54) is 59.8 Å². The zero-order valence-corrected chi connectivity index (χ0v) is 17.3. The number of aromatic carboxylic acids is 1. The van der Waals surface area contributed by atoms with Gasteiger partial charge in [0.15, 0.2) is 23.0 Å². The van der Waals surface area contributed by atoms with Crippen molar-refractivity contribution in [1.29, 1.82) is 0 Å². The van der Waals surface area contributed by atoms with Gasteiger partial charge in [-0.25, -0.2) is 4.79 Å². The van der Waals surface area contributed by atoms with Gasteiger partial charge in [-0.15, -0.1) is 0 Å². The first kappa shape index (κ1) is 22.4. The molecule has 0 spiro atoms. The molecule has 0 saturated heterocycles. The van der Waals surface area contributed by atoms with Gasteiger partial charge in [0.2, 0.25) is 5.91 Å². The molecule has 30 heavy (non-hydrogen) atoms.